The molecule has 82 valence electrons. The molecule has 3 nitrogen and oxygen atoms in total. The standard InChI is InChI=1S/C13H14N2O/c1-2-11-5-6-13(14-8-11)12-4-3-7-15(9-12)10-16/h2,4-6,8,10H,1,3,7,9H2. The van der Waals surface area contributed by atoms with Crippen molar-refractivity contribution in [3.8, 4) is 0 Å². The summed E-state index contributed by atoms with van der Waals surface area (Å²) in [7, 11) is 0. The minimum absolute atomic E-state index is 0.657. The van der Waals surface area contributed by atoms with E-state index in [-0.39, 0.29) is 0 Å². The van der Waals surface area contributed by atoms with Gasteiger partial charge in [0.15, 0.2) is 0 Å². The Balaban J connectivity index is 2.20. The Hall–Kier alpha value is -1.90. The van der Waals surface area contributed by atoms with Crippen molar-refractivity contribution in [3.63, 3.8) is 0 Å². The zero-order valence-electron chi connectivity index (χ0n) is 9.10. The van der Waals surface area contributed by atoms with Gasteiger partial charge in [-0.05, 0) is 23.6 Å². The van der Waals surface area contributed by atoms with Gasteiger partial charge in [-0.3, -0.25) is 9.78 Å². The molecular formula is C13H14N2O. The summed E-state index contributed by atoms with van der Waals surface area (Å²) >= 11 is 0. The Morgan fingerprint density at radius 1 is 1.44 bits per heavy atom. The number of carbonyl (C=O) groups excluding carboxylic acids is 1. The Morgan fingerprint density at radius 3 is 2.94 bits per heavy atom. The molecule has 16 heavy (non-hydrogen) atoms. The zero-order valence-corrected chi connectivity index (χ0v) is 9.10. The lowest BCUT2D eigenvalue weighted by molar-refractivity contribution is -0.117. The summed E-state index contributed by atoms with van der Waals surface area (Å²) in [6.07, 6.45) is 7.51. The predicted octanol–water partition coefficient (Wildman–Crippen LogP) is 1.97. The molecule has 0 aliphatic carbocycles. The second-order valence-electron chi connectivity index (χ2n) is 3.77. The van der Waals surface area contributed by atoms with Gasteiger partial charge in [-0.2, -0.15) is 0 Å². The van der Waals surface area contributed by atoms with E-state index >= 15 is 0 Å². The minimum Gasteiger partial charge on any atom is -0.341 e. The van der Waals surface area contributed by atoms with Crippen LogP contribution in [-0.2, 0) is 4.79 Å². The third-order valence-corrected chi connectivity index (χ3v) is 2.68. The van der Waals surface area contributed by atoms with Gasteiger partial charge >= 0.3 is 0 Å². The first kappa shape index (κ1) is 10.6. The highest BCUT2D eigenvalue weighted by Crippen LogP contribution is 2.18. The molecule has 1 amide bonds. The number of rotatable bonds is 3. The van der Waals surface area contributed by atoms with Crippen LogP contribution < -0.4 is 0 Å². The smallest absolute Gasteiger partial charge is 0.210 e. The van der Waals surface area contributed by atoms with E-state index in [2.05, 4.69) is 17.6 Å². The van der Waals surface area contributed by atoms with E-state index < -0.39 is 0 Å². The molecule has 0 aromatic carbocycles. The van der Waals surface area contributed by atoms with E-state index in [1.54, 1.807) is 17.2 Å². The molecule has 3 heteroatoms. The zero-order chi connectivity index (χ0) is 11.4. The highest BCUT2D eigenvalue weighted by atomic mass is 16.1. The first-order valence-corrected chi connectivity index (χ1v) is 5.30. The molecule has 0 atom stereocenters. The van der Waals surface area contributed by atoms with Gasteiger partial charge in [-0.15, -0.1) is 0 Å². The molecule has 1 aliphatic heterocycles. The monoisotopic (exact) mass is 214 g/mol. The molecule has 0 fully saturated rings. The quantitative estimate of drug-likeness (QED) is 0.721. The minimum atomic E-state index is 0.657. The van der Waals surface area contributed by atoms with E-state index in [0.717, 1.165) is 36.2 Å². The van der Waals surface area contributed by atoms with Crippen LogP contribution in [0, 0.1) is 0 Å². The molecule has 2 heterocycles. The van der Waals surface area contributed by atoms with Gasteiger partial charge in [0.2, 0.25) is 6.41 Å². The summed E-state index contributed by atoms with van der Waals surface area (Å²) in [6, 6.07) is 3.95. The molecule has 0 radical (unpaired) electrons. The van der Waals surface area contributed by atoms with Crippen LogP contribution in [0.3, 0.4) is 0 Å². The SMILES string of the molecule is C=Cc1ccc(C2=CCCN(C=O)C2)nc1. The maximum absolute atomic E-state index is 10.7. The Bertz CT molecular complexity index is 420. The third kappa shape index (κ3) is 2.19. The van der Waals surface area contributed by atoms with Gasteiger partial charge in [0.05, 0.1) is 5.69 Å². The fourth-order valence-corrected chi connectivity index (χ4v) is 1.76. The lowest BCUT2D eigenvalue weighted by Gasteiger charge is -2.22. The summed E-state index contributed by atoms with van der Waals surface area (Å²) in [5.74, 6) is 0. The van der Waals surface area contributed by atoms with E-state index in [0.29, 0.717) is 6.54 Å². The van der Waals surface area contributed by atoms with E-state index in [9.17, 15) is 4.79 Å². The van der Waals surface area contributed by atoms with Crippen LogP contribution in [0.4, 0.5) is 0 Å². The van der Waals surface area contributed by atoms with Crippen LogP contribution in [0.2, 0.25) is 0 Å². The Labute approximate surface area is 95.1 Å². The molecule has 1 aromatic rings. The second-order valence-corrected chi connectivity index (χ2v) is 3.77. The largest absolute Gasteiger partial charge is 0.341 e. The average molecular weight is 214 g/mol. The summed E-state index contributed by atoms with van der Waals surface area (Å²) in [6.45, 7) is 5.15. The topological polar surface area (TPSA) is 33.2 Å². The summed E-state index contributed by atoms with van der Waals surface area (Å²) < 4.78 is 0. The number of nitrogens with zero attached hydrogens (tertiary/aromatic N) is 2. The number of amides is 1. The van der Waals surface area contributed by atoms with Crippen LogP contribution in [0.5, 0.6) is 0 Å². The molecule has 0 N–H and O–H groups in total. The van der Waals surface area contributed by atoms with Crippen molar-refractivity contribution >= 4 is 18.1 Å². The fourth-order valence-electron chi connectivity index (χ4n) is 1.76. The van der Waals surface area contributed by atoms with Gasteiger partial charge in [0.25, 0.3) is 0 Å². The molecule has 2 rings (SSSR count). The number of hydrogen-bond donors (Lipinski definition) is 0. The van der Waals surface area contributed by atoms with Crippen molar-refractivity contribution in [2.75, 3.05) is 13.1 Å². The van der Waals surface area contributed by atoms with Gasteiger partial charge in [-0.25, -0.2) is 0 Å². The molecular weight excluding hydrogens is 200 g/mol. The summed E-state index contributed by atoms with van der Waals surface area (Å²) in [4.78, 5) is 16.8. The highest BCUT2D eigenvalue weighted by Gasteiger charge is 2.12. The number of hydrogen-bond acceptors (Lipinski definition) is 2. The normalized spacial score (nSPS) is 15.5. The van der Waals surface area contributed by atoms with Crippen molar-refractivity contribution in [1.29, 1.82) is 0 Å². The molecule has 1 aromatic heterocycles. The molecule has 0 saturated heterocycles. The van der Waals surface area contributed by atoms with Gasteiger partial charge in [0, 0.05) is 19.3 Å². The predicted molar refractivity (Wildman–Crippen MR) is 64.6 cm³/mol. The van der Waals surface area contributed by atoms with Crippen molar-refractivity contribution in [2.45, 2.75) is 6.42 Å². The number of carbonyl (C=O) groups is 1. The van der Waals surface area contributed by atoms with Crippen molar-refractivity contribution < 1.29 is 4.79 Å². The van der Waals surface area contributed by atoms with Crippen LogP contribution in [0.25, 0.3) is 11.6 Å². The molecule has 0 bridgehead atoms. The lowest BCUT2D eigenvalue weighted by Crippen LogP contribution is -2.28. The maximum atomic E-state index is 10.7. The maximum Gasteiger partial charge on any atom is 0.210 e. The summed E-state index contributed by atoms with van der Waals surface area (Å²) in [5, 5.41) is 0. The summed E-state index contributed by atoms with van der Waals surface area (Å²) in [5.41, 5.74) is 3.07. The van der Waals surface area contributed by atoms with Crippen LogP contribution >= 0.6 is 0 Å². The van der Waals surface area contributed by atoms with Crippen LogP contribution in [0.15, 0.2) is 31.0 Å². The van der Waals surface area contributed by atoms with Gasteiger partial charge in [-0.1, -0.05) is 24.8 Å². The Kier molecular flexibility index (Phi) is 3.15. The van der Waals surface area contributed by atoms with Gasteiger partial charge in [0.1, 0.15) is 0 Å². The van der Waals surface area contributed by atoms with Crippen LogP contribution in [0.1, 0.15) is 17.7 Å². The molecule has 0 saturated carbocycles. The number of aromatic nitrogens is 1. The molecule has 0 spiro atoms. The first-order valence-electron chi connectivity index (χ1n) is 5.30. The van der Waals surface area contributed by atoms with Crippen LogP contribution in [-0.4, -0.2) is 29.4 Å². The average Bonchev–Trinajstić information content (AvgIpc) is 2.39. The van der Waals surface area contributed by atoms with E-state index in [1.165, 1.54) is 0 Å². The second kappa shape index (κ2) is 4.75. The van der Waals surface area contributed by atoms with Crippen molar-refractivity contribution in [1.82, 2.24) is 9.88 Å². The fraction of sp³-hybridized carbons (Fsp3) is 0.231. The molecule has 1 aliphatic rings. The van der Waals surface area contributed by atoms with Crippen molar-refractivity contribution in [2.24, 2.45) is 0 Å². The van der Waals surface area contributed by atoms with Crippen molar-refractivity contribution in [3.05, 3.63) is 42.2 Å². The van der Waals surface area contributed by atoms with E-state index in [1.807, 2.05) is 12.1 Å². The molecule has 0 unspecified atom stereocenters. The highest BCUT2D eigenvalue weighted by molar-refractivity contribution is 5.68. The van der Waals surface area contributed by atoms with Gasteiger partial charge < -0.3 is 4.90 Å². The first-order chi connectivity index (χ1) is 7.83. The Morgan fingerprint density at radius 2 is 2.31 bits per heavy atom. The lowest BCUT2D eigenvalue weighted by atomic mass is 10.1. The third-order valence-electron chi connectivity index (χ3n) is 2.68. The van der Waals surface area contributed by atoms with E-state index in [4.69, 9.17) is 0 Å². The number of pyridine rings is 1.